The van der Waals surface area contributed by atoms with Gasteiger partial charge in [0.05, 0.1) is 13.2 Å². The Morgan fingerprint density at radius 1 is 1.38 bits per heavy atom. The van der Waals surface area contributed by atoms with Gasteiger partial charge in [0.15, 0.2) is 6.04 Å². The lowest BCUT2D eigenvalue weighted by Gasteiger charge is -2.27. The summed E-state index contributed by atoms with van der Waals surface area (Å²) in [6, 6.07) is -0.963. The Bertz CT molecular complexity index is 348. The standard InChI is InChI=1S/C11H19NO5.C3H6.CH4/c1-11(2,3)17-10(15)12-6-5-7(13)8(12)9(14)16-4;1-3-2;/h7-8,13H,5-6H2,1-4H3;3H,1H2,2H3;1H4. The van der Waals surface area contributed by atoms with Crippen molar-refractivity contribution in [2.24, 2.45) is 0 Å². The van der Waals surface area contributed by atoms with Crippen molar-refractivity contribution in [3.8, 4) is 0 Å². The van der Waals surface area contributed by atoms with Gasteiger partial charge in [-0.2, -0.15) is 0 Å². The minimum atomic E-state index is -0.963. The number of allylic oxidation sites excluding steroid dienone is 1. The first kappa shape index (κ1) is 21.7. The van der Waals surface area contributed by atoms with Crippen LogP contribution in [0.4, 0.5) is 4.79 Å². The van der Waals surface area contributed by atoms with Crippen molar-refractivity contribution in [2.45, 2.75) is 59.3 Å². The summed E-state index contributed by atoms with van der Waals surface area (Å²) in [6.07, 6.45) is 0.596. The van der Waals surface area contributed by atoms with Crippen LogP contribution >= 0.6 is 0 Å². The monoisotopic (exact) mass is 303 g/mol. The van der Waals surface area contributed by atoms with Crippen LogP contribution in [0.5, 0.6) is 0 Å². The number of carbonyl (C=O) groups is 2. The first-order valence-corrected chi connectivity index (χ1v) is 6.50. The van der Waals surface area contributed by atoms with Gasteiger partial charge in [-0.05, 0) is 34.1 Å². The Morgan fingerprint density at radius 2 is 1.86 bits per heavy atom. The predicted octanol–water partition coefficient (Wildman–Crippen LogP) is 2.36. The van der Waals surface area contributed by atoms with E-state index in [0.29, 0.717) is 6.42 Å². The van der Waals surface area contributed by atoms with Gasteiger partial charge in [-0.1, -0.05) is 13.5 Å². The van der Waals surface area contributed by atoms with E-state index in [-0.39, 0.29) is 14.0 Å². The van der Waals surface area contributed by atoms with E-state index in [0.717, 1.165) is 0 Å². The molecule has 6 heteroatoms. The van der Waals surface area contributed by atoms with E-state index >= 15 is 0 Å². The Morgan fingerprint density at radius 3 is 2.24 bits per heavy atom. The summed E-state index contributed by atoms with van der Waals surface area (Å²) in [7, 11) is 1.22. The number of rotatable bonds is 1. The molecular weight excluding hydrogens is 274 g/mol. The highest BCUT2D eigenvalue weighted by atomic mass is 16.6. The molecule has 0 aromatic rings. The average Bonchev–Trinajstić information content (AvgIpc) is 2.69. The lowest BCUT2D eigenvalue weighted by atomic mass is 10.2. The highest BCUT2D eigenvalue weighted by molar-refractivity contribution is 5.82. The smallest absolute Gasteiger partial charge is 0.411 e. The van der Waals surface area contributed by atoms with Gasteiger partial charge in [-0.25, -0.2) is 9.59 Å². The number of nitrogens with zero attached hydrogens (tertiary/aromatic N) is 1. The van der Waals surface area contributed by atoms with Crippen molar-refractivity contribution in [3.63, 3.8) is 0 Å². The van der Waals surface area contributed by atoms with Crippen molar-refractivity contribution in [1.82, 2.24) is 4.90 Å². The van der Waals surface area contributed by atoms with Gasteiger partial charge in [-0.3, -0.25) is 4.90 Å². The Kier molecular flexibility index (Phi) is 9.72. The van der Waals surface area contributed by atoms with Gasteiger partial charge < -0.3 is 14.6 Å². The molecule has 0 radical (unpaired) electrons. The third-order valence-corrected chi connectivity index (χ3v) is 2.44. The van der Waals surface area contributed by atoms with Gasteiger partial charge in [0, 0.05) is 6.54 Å². The molecule has 1 saturated heterocycles. The minimum absolute atomic E-state index is 0. The molecule has 0 spiro atoms. The van der Waals surface area contributed by atoms with Gasteiger partial charge in [0.1, 0.15) is 5.60 Å². The molecule has 1 rings (SSSR count). The van der Waals surface area contributed by atoms with Crippen LogP contribution in [0.2, 0.25) is 0 Å². The van der Waals surface area contributed by atoms with E-state index < -0.39 is 29.8 Å². The number of methoxy groups -OCH3 is 1. The van der Waals surface area contributed by atoms with E-state index in [1.165, 1.54) is 12.0 Å². The molecule has 1 N–H and O–H groups in total. The Hall–Kier alpha value is -1.56. The van der Waals surface area contributed by atoms with E-state index in [1.807, 2.05) is 6.92 Å². The lowest BCUT2D eigenvalue weighted by Crippen LogP contribution is -2.47. The second kappa shape index (κ2) is 9.39. The Labute approximate surface area is 127 Å². The van der Waals surface area contributed by atoms with Crippen molar-refractivity contribution < 1.29 is 24.2 Å². The fourth-order valence-electron chi connectivity index (χ4n) is 1.71. The maximum absolute atomic E-state index is 11.8. The third-order valence-electron chi connectivity index (χ3n) is 2.44. The summed E-state index contributed by atoms with van der Waals surface area (Å²) in [5, 5.41) is 9.66. The molecule has 124 valence electrons. The zero-order valence-electron chi connectivity index (χ0n) is 12.9. The molecule has 0 aromatic heterocycles. The molecule has 2 unspecified atom stereocenters. The molecule has 1 heterocycles. The van der Waals surface area contributed by atoms with E-state index in [9.17, 15) is 14.7 Å². The van der Waals surface area contributed by atoms with E-state index in [1.54, 1.807) is 26.8 Å². The molecule has 2 atom stereocenters. The summed E-state index contributed by atoms with van der Waals surface area (Å²) >= 11 is 0. The molecule has 1 aliphatic rings. The quantitative estimate of drug-likeness (QED) is 0.594. The molecule has 0 aromatic carbocycles. The Balaban J connectivity index is 0. The first-order valence-electron chi connectivity index (χ1n) is 6.50. The van der Waals surface area contributed by atoms with Crippen LogP contribution in [0, 0.1) is 0 Å². The van der Waals surface area contributed by atoms with Crippen molar-refractivity contribution in [2.75, 3.05) is 13.7 Å². The molecule has 6 nitrogen and oxygen atoms in total. The zero-order valence-corrected chi connectivity index (χ0v) is 12.9. The second-order valence-corrected chi connectivity index (χ2v) is 5.41. The van der Waals surface area contributed by atoms with Crippen LogP contribution in [0.3, 0.4) is 0 Å². The summed E-state index contributed by atoms with van der Waals surface area (Å²) < 4.78 is 9.73. The molecule has 1 amide bonds. The SMILES string of the molecule is C.C=CC.COC(=O)C1C(O)CCN1C(=O)OC(C)(C)C. The van der Waals surface area contributed by atoms with Crippen LogP contribution in [-0.4, -0.2) is 53.5 Å². The van der Waals surface area contributed by atoms with Crippen LogP contribution in [0.25, 0.3) is 0 Å². The number of aliphatic hydroxyl groups is 1. The first-order chi connectivity index (χ1) is 9.17. The number of hydrogen-bond acceptors (Lipinski definition) is 5. The number of ether oxygens (including phenoxy) is 2. The summed E-state index contributed by atoms with van der Waals surface area (Å²) in [6.45, 7) is 10.8. The fourth-order valence-corrected chi connectivity index (χ4v) is 1.71. The van der Waals surface area contributed by atoms with Crippen molar-refractivity contribution >= 4 is 12.1 Å². The minimum Gasteiger partial charge on any atom is -0.467 e. The summed E-state index contributed by atoms with van der Waals surface area (Å²) in [5.41, 5.74) is -0.634. The number of likely N-dealkylation sites (tertiary alicyclic amines) is 1. The maximum Gasteiger partial charge on any atom is 0.411 e. The highest BCUT2D eigenvalue weighted by Crippen LogP contribution is 2.22. The molecule has 1 fully saturated rings. The van der Waals surface area contributed by atoms with Crippen molar-refractivity contribution in [1.29, 1.82) is 0 Å². The topological polar surface area (TPSA) is 76.1 Å². The van der Waals surface area contributed by atoms with Crippen LogP contribution in [0.1, 0.15) is 41.5 Å². The molecule has 1 aliphatic heterocycles. The maximum atomic E-state index is 11.8. The number of esters is 1. The van der Waals surface area contributed by atoms with Gasteiger partial charge in [-0.15, -0.1) is 6.58 Å². The summed E-state index contributed by atoms with van der Waals surface area (Å²) in [5.74, 6) is -0.624. The molecular formula is C15H29NO5. The van der Waals surface area contributed by atoms with Crippen molar-refractivity contribution in [3.05, 3.63) is 12.7 Å². The predicted molar refractivity (Wildman–Crippen MR) is 82.0 cm³/mol. The average molecular weight is 303 g/mol. The molecule has 0 bridgehead atoms. The normalized spacial score (nSPS) is 20.6. The highest BCUT2D eigenvalue weighted by Gasteiger charge is 2.43. The van der Waals surface area contributed by atoms with Gasteiger partial charge >= 0.3 is 12.1 Å². The van der Waals surface area contributed by atoms with Crippen LogP contribution in [-0.2, 0) is 14.3 Å². The van der Waals surface area contributed by atoms with Gasteiger partial charge in [0.2, 0.25) is 0 Å². The zero-order chi connectivity index (χ0) is 15.9. The number of aliphatic hydroxyl groups excluding tert-OH is 1. The fraction of sp³-hybridized carbons (Fsp3) is 0.733. The lowest BCUT2D eigenvalue weighted by molar-refractivity contribution is -0.148. The van der Waals surface area contributed by atoms with Crippen LogP contribution in [0.15, 0.2) is 12.7 Å². The second-order valence-electron chi connectivity index (χ2n) is 5.41. The summed E-state index contributed by atoms with van der Waals surface area (Å²) in [4.78, 5) is 24.5. The molecule has 0 saturated carbocycles. The van der Waals surface area contributed by atoms with Gasteiger partial charge in [0.25, 0.3) is 0 Å². The third kappa shape index (κ3) is 7.13. The number of carbonyl (C=O) groups excluding carboxylic acids is 2. The number of amides is 1. The van der Waals surface area contributed by atoms with E-state index in [4.69, 9.17) is 4.74 Å². The largest absolute Gasteiger partial charge is 0.467 e. The van der Waals surface area contributed by atoms with E-state index in [2.05, 4.69) is 11.3 Å². The van der Waals surface area contributed by atoms with Crippen LogP contribution < -0.4 is 0 Å². The molecule has 0 aliphatic carbocycles. The molecule has 21 heavy (non-hydrogen) atoms. The number of hydrogen-bond donors (Lipinski definition) is 1.